The maximum absolute atomic E-state index is 6.29. The zero-order chi connectivity index (χ0) is 14.2. The van der Waals surface area contributed by atoms with Gasteiger partial charge in [0.2, 0.25) is 0 Å². The number of hydrogen-bond acceptors (Lipinski definition) is 2. The van der Waals surface area contributed by atoms with Crippen molar-refractivity contribution in [2.24, 2.45) is 11.7 Å². The van der Waals surface area contributed by atoms with Gasteiger partial charge in [-0.25, -0.2) is 4.98 Å². The second kappa shape index (κ2) is 5.83. The summed E-state index contributed by atoms with van der Waals surface area (Å²) in [6, 6.07) is 3.63. The van der Waals surface area contributed by atoms with Crippen molar-refractivity contribution in [1.29, 1.82) is 0 Å². The third-order valence-corrected chi connectivity index (χ3v) is 4.76. The highest BCUT2D eigenvalue weighted by Gasteiger charge is 2.18. The van der Waals surface area contributed by atoms with Crippen molar-refractivity contribution < 1.29 is 0 Å². The van der Waals surface area contributed by atoms with E-state index in [0.29, 0.717) is 16.0 Å². The van der Waals surface area contributed by atoms with E-state index < -0.39 is 0 Å². The molecule has 0 aliphatic carbocycles. The van der Waals surface area contributed by atoms with Gasteiger partial charge < -0.3 is 10.3 Å². The quantitative estimate of drug-likeness (QED) is 0.811. The first kappa shape index (κ1) is 14.9. The first-order valence-corrected chi connectivity index (χ1v) is 7.40. The normalized spacial score (nSPS) is 13.0. The second-order valence-corrected chi connectivity index (χ2v) is 6.26. The van der Waals surface area contributed by atoms with Crippen LogP contribution in [0.5, 0.6) is 0 Å². The molecule has 0 amide bonds. The molecule has 1 atom stereocenters. The van der Waals surface area contributed by atoms with E-state index in [2.05, 4.69) is 34.8 Å². The Kier molecular flexibility index (Phi) is 4.56. The van der Waals surface area contributed by atoms with Gasteiger partial charge in [-0.05, 0) is 34.0 Å². The molecule has 1 aromatic heterocycles. The number of nitrogens with zero attached hydrogens (tertiary/aromatic N) is 2. The summed E-state index contributed by atoms with van der Waals surface area (Å²) in [5.41, 5.74) is 7.88. The summed E-state index contributed by atoms with van der Waals surface area (Å²) in [5, 5.41) is 0.961. The summed E-state index contributed by atoms with van der Waals surface area (Å²) in [5.74, 6) is 0.306. The highest BCUT2D eigenvalue weighted by molar-refractivity contribution is 9.10. The Hall–Kier alpha value is -0.550. The van der Waals surface area contributed by atoms with Crippen molar-refractivity contribution in [3.8, 4) is 5.69 Å². The second-order valence-electron chi connectivity index (χ2n) is 4.65. The molecule has 0 saturated heterocycles. The molecule has 1 aromatic carbocycles. The maximum atomic E-state index is 6.29. The molecule has 2 aromatic rings. The number of benzene rings is 1. The molecule has 2 rings (SSSR count). The number of imidazole rings is 1. The molecule has 2 N–H and O–H groups in total. The summed E-state index contributed by atoms with van der Waals surface area (Å²) < 4.78 is 2.64. The first-order valence-electron chi connectivity index (χ1n) is 5.85. The lowest BCUT2D eigenvalue weighted by molar-refractivity contribution is 0.497. The van der Waals surface area contributed by atoms with E-state index in [-0.39, 0.29) is 6.04 Å². The van der Waals surface area contributed by atoms with E-state index in [1.54, 1.807) is 12.5 Å². The Morgan fingerprint density at radius 3 is 2.58 bits per heavy atom. The molecule has 1 unspecified atom stereocenters. The Morgan fingerprint density at radius 1 is 1.26 bits per heavy atom. The first-order chi connectivity index (χ1) is 8.93. The van der Waals surface area contributed by atoms with Gasteiger partial charge in [0.15, 0.2) is 0 Å². The molecule has 0 spiro atoms. The number of hydrogen-bond donors (Lipinski definition) is 1. The largest absolute Gasteiger partial charge is 0.322 e. The van der Waals surface area contributed by atoms with Gasteiger partial charge in [0, 0.05) is 10.5 Å². The van der Waals surface area contributed by atoms with E-state index in [1.807, 2.05) is 16.7 Å². The average Bonchev–Trinajstić information content (AvgIpc) is 2.84. The lowest BCUT2D eigenvalue weighted by atomic mass is 10.0. The summed E-state index contributed by atoms with van der Waals surface area (Å²) in [7, 11) is 0. The molecule has 102 valence electrons. The van der Waals surface area contributed by atoms with Crippen LogP contribution in [0, 0.1) is 5.92 Å². The van der Waals surface area contributed by atoms with Crippen LogP contribution in [0.25, 0.3) is 5.69 Å². The van der Waals surface area contributed by atoms with E-state index in [4.69, 9.17) is 28.9 Å². The Bertz CT molecular complexity index is 596. The third kappa shape index (κ3) is 2.82. The number of aromatic nitrogens is 2. The summed E-state index contributed by atoms with van der Waals surface area (Å²) in [6.07, 6.45) is 3.46. The SMILES string of the molecule is CC(C)C(N)c1cncn1-c1ccc(Br)c(Cl)c1Cl. The molecule has 0 aliphatic rings. The predicted molar refractivity (Wildman–Crippen MR) is 83.1 cm³/mol. The van der Waals surface area contributed by atoms with Gasteiger partial charge in [0.1, 0.15) is 0 Å². The van der Waals surface area contributed by atoms with E-state index in [0.717, 1.165) is 15.9 Å². The number of rotatable bonds is 3. The molecule has 0 bridgehead atoms. The summed E-state index contributed by atoms with van der Waals surface area (Å²) in [4.78, 5) is 4.16. The highest BCUT2D eigenvalue weighted by atomic mass is 79.9. The van der Waals surface area contributed by atoms with Gasteiger partial charge in [-0.2, -0.15) is 0 Å². The van der Waals surface area contributed by atoms with Crippen LogP contribution >= 0.6 is 39.1 Å². The average molecular weight is 363 g/mol. The minimum atomic E-state index is -0.110. The number of nitrogens with two attached hydrogens (primary N) is 1. The van der Waals surface area contributed by atoms with Gasteiger partial charge in [-0.3, -0.25) is 0 Å². The highest BCUT2D eigenvalue weighted by Crippen LogP contribution is 2.36. The van der Waals surface area contributed by atoms with Crippen molar-refractivity contribution in [3.63, 3.8) is 0 Å². The van der Waals surface area contributed by atoms with E-state index >= 15 is 0 Å². The molecular formula is C13H14BrCl2N3. The Balaban J connectivity index is 2.55. The molecule has 3 nitrogen and oxygen atoms in total. The molecule has 0 aliphatic heterocycles. The monoisotopic (exact) mass is 361 g/mol. The standard InChI is InChI=1S/C13H14BrCl2N3/c1-7(2)13(17)10-5-18-6-19(10)9-4-3-8(14)11(15)12(9)16/h3-7,13H,17H2,1-2H3. The van der Waals surface area contributed by atoms with Gasteiger partial charge in [-0.1, -0.05) is 37.0 Å². The van der Waals surface area contributed by atoms with Crippen LogP contribution in [0.4, 0.5) is 0 Å². The van der Waals surface area contributed by atoms with Gasteiger partial charge in [0.25, 0.3) is 0 Å². The van der Waals surface area contributed by atoms with Crippen molar-refractivity contribution >= 4 is 39.1 Å². The molecule has 0 fully saturated rings. The Labute approximate surface area is 130 Å². The zero-order valence-electron chi connectivity index (χ0n) is 10.6. The fourth-order valence-corrected chi connectivity index (χ4v) is 2.66. The smallest absolute Gasteiger partial charge is 0.0995 e. The van der Waals surface area contributed by atoms with Gasteiger partial charge >= 0.3 is 0 Å². The van der Waals surface area contributed by atoms with Crippen LogP contribution in [0.15, 0.2) is 29.1 Å². The molecular weight excluding hydrogens is 349 g/mol. The fraction of sp³-hybridized carbons (Fsp3) is 0.308. The van der Waals surface area contributed by atoms with Crippen LogP contribution < -0.4 is 5.73 Å². The minimum absolute atomic E-state index is 0.110. The molecule has 19 heavy (non-hydrogen) atoms. The fourth-order valence-electron chi connectivity index (χ4n) is 1.80. The molecule has 6 heteroatoms. The van der Waals surface area contributed by atoms with Gasteiger partial charge in [0.05, 0.1) is 34.0 Å². The van der Waals surface area contributed by atoms with E-state index in [9.17, 15) is 0 Å². The lowest BCUT2D eigenvalue weighted by Crippen LogP contribution is -2.20. The van der Waals surface area contributed by atoms with Crippen LogP contribution in [-0.4, -0.2) is 9.55 Å². The Morgan fingerprint density at radius 2 is 1.95 bits per heavy atom. The zero-order valence-corrected chi connectivity index (χ0v) is 13.7. The molecule has 0 saturated carbocycles. The summed E-state index contributed by atoms with van der Waals surface area (Å²) in [6.45, 7) is 4.14. The molecule has 0 radical (unpaired) electrons. The van der Waals surface area contributed by atoms with Crippen molar-refractivity contribution in [2.75, 3.05) is 0 Å². The number of halogens is 3. The van der Waals surface area contributed by atoms with Crippen LogP contribution in [0.1, 0.15) is 25.6 Å². The van der Waals surface area contributed by atoms with Crippen molar-refractivity contribution in [2.45, 2.75) is 19.9 Å². The summed E-state index contributed by atoms with van der Waals surface area (Å²) >= 11 is 15.8. The topological polar surface area (TPSA) is 43.8 Å². The third-order valence-electron chi connectivity index (χ3n) is 3.00. The lowest BCUT2D eigenvalue weighted by Gasteiger charge is -2.19. The molecule has 1 heterocycles. The van der Waals surface area contributed by atoms with Crippen LogP contribution in [0.2, 0.25) is 10.0 Å². The predicted octanol–water partition coefficient (Wildman–Crippen LogP) is 4.60. The van der Waals surface area contributed by atoms with Crippen molar-refractivity contribution in [3.05, 3.63) is 44.9 Å². The van der Waals surface area contributed by atoms with E-state index in [1.165, 1.54) is 0 Å². The van der Waals surface area contributed by atoms with Crippen LogP contribution in [0.3, 0.4) is 0 Å². The maximum Gasteiger partial charge on any atom is 0.0995 e. The van der Waals surface area contributed by atoms with Crippen molar-refractivity contribution in [1.82, 2.24) is 9.55 Å². The van der Waals surface area contributed by atoms with Gasteiger partial charge in [-0.15, -0.1) is 0 Å². The minimum Gasteiger partial charge on any atom is -0.322 e. The van der Waals surface area contributed by atoms with Crippen LogP contribution in [-0.2, 0) is 0 Å².